The second kappa shape index (κ2) is 9.57. The van der Waals surface area contributed by atoms with Crippen molar-refractivity contribution in [3.63, 3.8) is 0 Å². The quantitative estimate of drug-likeness (QED) is 0.473. The molecule has 3 aromatic rings. The molecular formula is C26H29NO4S. The van der Waals surface area contributed by atoms with Crippen molar-refractivity contribution in [1.82, 2.24) is 0 Å². The Balaban J connectivity index is 1.99. The van der Waals surface area contributed by atoms with Crippen LogP contribution >= 0.6 is 0 Å². The third-order valence-electron chi connectivity index (χ3n) is 5.47. The van der Waals surface area contributed by atoms with Gasteiger partial charge in [0.1, 0.15) is 5.75 Å². The van der Waals surface area contributed by atoms with Crippen LogP contribution in [0, 0.1) is 20.8 Å². The summed E-state index contributed by atoms with van der Waals surface area (Å²) in [4.78, 5) is 13.4. The number of aryl methyl sites for hydroxylation is 2. The largest absolute Gasteiger partial charge is 0.484 e. The van der Waals surface area contributed by atoms with Crippen LogP contribution in [0.15, 0.2) is 71.6 Å². The lowest BCUT2D eigenvalue weighted by Gasteiger charge is -2.25. The molecule has 0 aromatic heterocycles. The Morgan fingerprint density at radius 3 is 2.25 bits per heavy atom. The maximum absolute atomic E-state index is 13.6. The summed E-state index contributed by atoms with van der Waals surface area (Å²) in [5.41, 5.74) is 3.95. The summed E-state index contributed by atoms with van der Waals surface area (Å²) in [5, 5.41) is 0. The van der Waals surface area contributed by atoms with E-state index >= 15 is 0 Å². The minimum Gasteiger partial charge on any atom is -0.484 e. The number of sulfonamides is 1. The fourth-order valence-corrected chi connectivity index (χ4v) is 4.80. The van der Waals surface area contributed by atoms with Gasteiger partial charge in [-0.1, -0.05) is 55.8 Å². The second-order valence-corrected chi connectivity index (χ2v) is 10.00. The van der Waals surface area contributed by atoms with Crippen LogP contribution in [0.1, 0.15) is 42.0 Å². The van der Waals surface area contributed by atoms with Crippen LogP contribution in [0.2, 0.25) is 0 Å². The van der Waals surface area contributed by atoms with Crippen LogP contribution < -0.4 is 9.04 Å². The van der Waals surface area contributed by atoms with Crippen molar-refractivity contribution in [2.45, 2.75) is 45.4 Å². The number of amides is 1. The smallest absolute Gasteiger partial charge is 0.278 e. The van der Waals surface area contributed by atoms with E-state index in [4.69, 9.17) is 4.74 Å². The summed E-state index contributed by atoms with van der Waals surface area (Å²) < 4.78 is 33.7. The average Bonchev–Trinajstić information content (AvgIpc) is 2.76. The highest BCUT2D eigenvalue weighted by molar-refractivity contribution is 7.93. The fraction of sp³-hybridized carbons (Fsp3) is 0.269. The van der Waals surface area contributed by atoms with E-state index < -0.39 is 22.5 Å². The summed E-state index contributed by atoms with van der Waals surface area (Å²) in [6.45, 7) is 9.31. The van der Waals surface area contributed by atoms with Gasteiger partial charge >= 0.3 is 0 Å². The molecule has 1 amide bonds. The van der Waals surface area contributed by atoms with E-state index in [0.29, 0.717) is 17.4 Å². The Kier molecular flexibility index (Phi) is 7.04. The second-order valence-electron chi connectivity index (χ2n) is 8.21. The molecule has 0 spiro atoms. The van der Waals surface area contributed by atoms with Crippen LogP contribution in [0.5, 0.6) is 5.75 Å². The molecule has 0 saturated heterocycles. The first kappa shape index (κ1) is 23.5. The number of hydrogen-bond acceptors (Lipinski definition) is 4. The molecule has 0 saturated carbocycles. The molecule has 0 fully saturated rings. The molecule has 32 heavy (non-hydrogen) atoms. The Hall–Kier alpha value is -3.12. The molecule has 3 aromatic carbocycles. The molecule has 0 unspecified atom stereocenters. The van der Waals surface area contributed by atoms with Crippen LogP contribution in [0.4, 0.5) is 5.69 Å². The molecule has 0 radical (unpaired) electrons. The first-order valence-corrected chi connectivity index (χ1v) is 12.0. The standard InChI is InChI=1S/C26H29NO4S/c1-18(2)22-9-7-10-23(16-22)31-17-26(28)27(25-11-6-8-20(4)21(25)5)32(29,30)24-14-12-19(3)13-15-24/h6-16,18H,17H2,1-5H3. The van der Waals surface area contributed by atoms with Crippen LogP contribution in [0.25, 0.3) is 0 Å². The van der Waals surface area contributed by atoms with E-state index in [1.807, 2.05) is 45.0 Å². The van der Waals surface area contributed by atoms with E-state index in [0.717, 1.165) is 26.6 Å². The first-order chi connectivity index (χ1) is 15.1. The minimum atomic E-state index is -4.13. The predicted octanol–water partition coefficient (Wildman–Crippen LogP) is 5.54. The molecular weight excluding hydrogens is 422 g/mol. The number of anilines is 1. The molecule has 0 atom stereocenters. The molecule has 5 nitrogen and oxygen atoms in total. The number of benzene rings is 3. The van der Waals surface area contributed by atoms with Gasteiger partial charge in [0, 0.05) is 0 Å². The summed E-state index contributed by atoms with van der Waals surface area (Å²) >= 11 is 0. The van der Waals surface area contributed by atoms with Crippen molar-refractivity contribution in [2.24, 2.45) is 0 Å². The van der Waals surface area contributed by atoms with Crippen molar-refractivity contribution in [1.29, 1.82) is 0 Å². The van der Waals surface area contributed by atoms with Gasteiger partial charge in [0.05, 0.1) is 10.6 Å². The molecule has 168 valence electrons. The maximum Gasteiger partial charge on any atom is 0.278 e. The monoisotopic (exact) mass is 451 g/mol. The van der Waals surface area contributed by atoms with E-state index in [1.54, 1.807) is 30.3 Å². The van der Waals surface area contributed by atoms with Gasteiger partial charge in [0.25, 0.3) is 15.9 Å². The molecule has 0 aliphatic heterocycles. The molecule has 0 N–H and O–H groups in total. The number of hydrogen-bond donors (Lipinski definition) is 0. The number of rotatable bonds is 7. The molecule has 0 heterocycles. The minimum absolute atomic E-state index is 0.0548. The van der Waals surface area contributed by atoms with E-state index in [2.05, 4.69) is 13.8 Å². The Morgan fingerprint density at radius 2 is 1.59 bits per heavy atom. The summed E-state index contributed by atoms with van der Waals surface area (Å²) in [5.74, 6) is 0.176. The Bertz CT molecular complexity index is 1210. The van der Waals surface area contributed by atoms with Gasteiger partial charge in [-0.3, -0.25) is 4.79 Å². The summed E-state index contributed by atoms with van der Waals surface area (Å²) in [6.07, 6.45) is 0. The molecule has 0 aliphatic rings. The van der Waals surface area contributed by atoms with Crippen molar-refractivity contribution in [2.75, 3.05) is 10.9 Å². The zero-order valence-electron chi connectivity index (χ0n) is 19.1. The number of carbonyl (C=O) groups is 1. The van der Waals surface area contributed by atoms with Gasteiger partial charge in [-0.05, 0) is 73.7 Å². The van der Waals surface area contributed by atoms with E-state index in [-0.39, 0.29) is 4.90 Å². The fourth-order valence-electron chi connectivity index (χ4n) is 3.34. The Labute approximate surface area is 190 Å². The van der Waals surface area contributed by atoms with Crippen molar-refractivity contribution >= 4 is 21.6 Å². The maximum atomic E-state index is 13.6. The lowest BCUT2D eigenvalue weighted by Crippen LogP contribution is -2.40. The highest BCUT2D eigenvalue weighted by Crippen LogP contribution is 2.29. The number of nitrogens with zero attached hydrogens (tertiary/aromatic N) is 1. The van der Waals surface area contributed by atoms with Gasteiger partial charge < -0.3 is 4.74 Å². The van der Waals surface area contributed by atoms with Crippen molar-refractivity contribution in [3.8, 4) is 5.75 Å². The zero-order chi connectivity index (χ0) is 23.5. The average molecular weight is 452 g/mol. The normalized spacial score (nSPS) is 11.4. The van der Waals surface area contributed by atoms with Gasteiger partial charge in [-0.15, -0.1) is 0 Å². The van der Waals surface area contributed by atoms with Crippen LogP contribution in [-0.2, 0) is 14.8 Å². The molecule has 6 heteroatoms. The highest BCUT2D eigenvalue weighted by Gasteiger charge is 2.32. The lowest BCUT2D eigenvalue weighted by atomic mass is 10.0. The predicted molar refractivity (Wildman–Crippen MR) is 128 cm³/mol. The lowest BCUT2D eigenvalue weighted by molar-refractivity contribution is -0.119. The summed E-state index contributed by atoms with van der Waals surface area (Å²) in [7, 11) is -4.13. The Morgan fingerprint density at radius 1 is 0.938 bits per heavy atom. The number of carbonyl (C=O) groups excluding carboxylic acids is 1. The van der Waals surface area contributed by atoms with E-state index in [1.165, 1.54) is 12.1 Å². The molecule has 0 bridgehead atoms. The summed E-state index contributed by atoms with van der Waals surface area (Å²) in [6, 6.07) is 19.2. The van der Waals surface area contributed by atoms with Gasteiger partial charge in [0.2, 0.25) is 0 Å². The number of ether oxygens (including phenoxy) is 1. The highest BCUT2D eigenvalue weighted by atomic mass is 32.2. The topological polar surface area (TPSA) is 63.7 Å². The van der Waals surface area contributed by atoms with Gasteiger partial charge in [-0.2, -0.15) is 4.31 Å². The SMILES string of the molecule is Cc1ccc(S(=O)(=O)N(C(=O)COc2cccc(C(C)C)c2)c2cccc(C)c2C)cc1. The van der Waals surface area contributed by atoms with Gasteiger partial charge in [-0.25, -0.2) is 8.42 Å². The third kappa shape index (κ3) is 5.02. The third-order valence-corrected chi connectivity index (χ3v) is 7.22. The van der Waals surface area contributed by atoms with Crippen LogP contribution in [-0.4, -0.2) is 20.9 Å². The van der Waals surface area contributed by atoms with Crippen molar-refractivity contribution < 1.29 is 17.9 Å². The van der Waals surface area contributed by atoms with Gasteiger partial charge in [0.15, 0.2) is 6.61 Å². The first-order valence-electron chi connectivity index (χ1n) is 10.5. The zero-order valence-corrected chi connectivity index (χ0v) is 19.9. The van der Waals surface area contributed by atoms with E-state index in [9.17, 15) is 13.2 Å². The van der Waals surface area contributed by atoms with Crippen molar-refractivity contribution in [3.05, 3.63) is 89.0 Å². The molecule has 0 aliphatic carbocycles. The van der Waals surface area contributed by atoms with Crippen LogP contribution in [0.3, 0.4) is 0 Å². The molecule has 3 rings (SSSR count).